The molecule has 3 N–H and O–H groups in total. The van der Waals surface area contributed by atoms with Crippen LogP contribution in [0.25, 0.3) is 0 Å². The minimum atomic E-state index is -5.03. The lowest BCUT2D eigenvalue weighted by molar-refractivity contribution is -0.268. The normalized spacial score (nSPS) is 23.0. The smallest absolute Gasteiger partial charge is 0.471 e. The van der Waals surface area contributed by atoms with Crippen LogP contribution in [0.2, 0.25) is 0 Å². The highest BCUT2D eigenvalue weighted by molar-refractivity contribution is 7.99. The van der Waals surface area contributed by atoms with Crippen LogP contribution in [0.15, 0.2) is 77.7 Å². The summed E-state index contributed by atoms with van der Waals surface area (Å²) in [6, 6.07) is 20.1. The SMILES string of the molecule is C[C@H]1[C@@H](CSc2ccc(C(=O)O)cc2)O[C@@H](c2ccc(CNC(=O)[C@@H]3CCCN3C(=O)C(F)(F)F)cc2)O[C@H]1c1ccc(CO)cc1. The van der Waals surface area contributed by atoms with E-state index in [-0.39, 0.29) is 49.8 Å². The number of aromatic carboxylic acids is 1. The van der Waals surface area contributed by atoms with E-state index in [0.717, 1.165) is 21.6 Å². The molecular weight excluding hydrogens is 637 g/mol. The molecule has 2 fully saturated rings. The molecule has 0 spiro atoms. The minimum absolute atomic E-state index is 0.0623. The number of nitrogens with zero attached hydrogens (tertiary/aromatic N) is 1. The van der Waals surface area contributed by atoms with E-state index < -0.39 is 36.3 Å². The topological polar surface area (TPSA) is 125 Å². The quantitative estimate of drug-likeness (QED) is 0.237. The van der Waals surface area contributed by atoms with Crippen molar-refractivity contribution in [1.29, 1.82) is 0 Å². The molecule has 5 atom stereocenters. The number of carbonyl (C=O) groups is 3. The number of rotatable bonds is 10. The van der Waals surface area contributed by atoms with Gasteiger partial charge in [-0.3, -0.25) is 9.59 Å². The molecule has 2 aliphatic heterocycles. The first-order valence-corrected chi connectivity index (χ1v) is 16.1. The van der Waals surface area contributed by atoms with Crippen LogP contribution < -0.4 is 5.32 Å². The van der Waals surface area contributed by atoms with Gasteiger partial charge in [0, 0.05) is 35.2 Å². The Morgan fingerprint density at radius 2 is 1.57 bits per heavy atom. The van der Waals surface area contributed by atoms with E-state index in [1.54, 1.807) is 60.3 Å². The molecule has 2 heterocycles. The molecule has 0 aliphatic carbocycles. The highest BCUT2D eigenvalue weighted by Gasteiger charge is 2.47. The number of aliphatic hydroxyl groups is 1. The third kappa shape index (κ3) is 8.33. The predicted octanol–water partition coefficient (Wildman–Crippen LogP) is 5.63. The van der Waals surface area contributed by atoms with E-state index in [1.807, 2.05) is 31.2 Å². The second-order valence-electron chi connectivity index (χ2n) is 11.6. The summed E-state index contributed by atoms with van der Waals surface area (Å²) >= 11 is 1.54. The Morgan fingerprint density at radius 1 is 0.936 bits per heavy atom. The molecule has 0 bridgehead atoms. The van der Waals surface area contributed by atoms with Crippen molar-refractivity contribution in [1.82, 2.24) is 10.2 Å². The van der Waals surface area contributed by atoms with Crippen molar-refractivity contribution in [2.75, 3.05) is 12.3 Å². The van der Waals surface area contributed by atoms with Gasteiger partial charge in [0.2, 0.25) is 5.91 Å². The Labute approximate surface area is 274 Å². The largest absolute Gasteiger partial charge is 0.478 e. The Balaban J connectivity index is 1.27. The monoisotopic (exact) mass is 672 g/mol. The van der Waals surface area contributed by atoms with Crippen molar-refractivity contribution in [3.05, 3.63) is 101 Å². The first-order valence-electron chi connectivity index (χ1n) is 15.2. The first-order chi connectivity index (χ1) is 22.4. The predicted molar refractivity (Wildman–Crippen MR) is 166 cm³/mol. The third-order valence-corrected chi connectivity index (χ3v) is 9.52. The van der Waals surface area contributed by atoms with Crippen LogP contribution in [0.5, 0.6) is 0 Å². The van der Waals surface area contributed by atoms with Crippen LogP contribution in [-0.4, -0.2) is 63.5 Å². The van der Waals surface area contributed by atoms with Crippen molar-refractivity contribution in [3.8, 4) is 0 Å². The van der Waals surface area contributed by atoms with Crippen LogP contribution >= 0.6 is 11.8 Å². The molecule has 0 aromatic heterocycles. The first kappa shape index (κ1) is 34.4. The van der Waals surface area contributed by atoms with Crippen molar-refractivity contribution in [2.24, 2.45) is 5.92 Å². The van der Waals surface area contributed by atoms with Gasteiger partial charge in [-0.05, 0) is 53.8 Å². The van der Waals surface area contributed by atoms with E-state index >= 15 is 0 Å². The number of halogens is 3. The number of ether oxygens (including phenoxy) is 2. The molecule has 13 heteroatoms. The van der Waals surface area contributed by atoms with E-state index in [1.165, 1.54) is 0 Å². The van der Waals surface area contributed by atoms with Gasteiger partial charge in [0.25, 0.3) is 0 Å². The summed E-state index contributed by atoms with van der Waals surface area (Å²) in [6.45, 7) is 1.91. The molecule has 2 saturated heterocycles. The number of carboxylic acids is 1. The lowest BCUT2D eigenvalue weighted by Crippen LogP contribution is -2.50. The Hall–Kier alpha value is -3.91. The van der Waals surface area contributed by atoms with Crippen molar-refractivity contribution in [2.45, 2.75) is 68.5 Å². The number of thioether (sulfide) groups is 1. The van der Waals surface area contributed by atoms with Crippen LogP contribution in [0.1, 0.15) is 64.8 Å². The molecule has 0 saturated carbocycles. The number of likely N-dealkylation sites (tertiary alicyclic amines) is 1. The van der Waals surface area contributed by atoms with Crippen molar-refractivity contribution in [3.63, 3.8) is 0 Å². The van der Waals surface area contributed by atoms with Gasteiger partial charge in [0.05, 0.1) is 24.4 Å². The average molecular weight is 673 g/mol. The number of amides is 2. The minimum Gasteiger partial charge on any atom is -0.478 e. The molecular formula is C34H35F3N2O7S. The molecule has 0 unspecified atom stereocenters. The molecule has 3 aromatic carbocycles. The molecule has 47 heavy (non-hydrogen) atoms. The number of benzene rings is 3. The molecule has 250 valence electrons. The molecule has 2 amide bonds. The fourth-order valence-corrected chi connectivity index (χ4v) is 6.79. The Bertz CT molecular complexity index is 1550. The lowest BCUT2D eigenvalue weighted by Gasteiger charge is -2.41. The number of carboxylic acid groups (broad SMARTS) is 1. The van der Waals surface area contributed by atoms with Crippen LogP contribution in [0.4, 0.5) is 13.2 Å². The van der Waals surface area contributed by atoms with Crippen LogP contribution in [0, 0.1) is 5.92 Å². The molecule has 2 aliphatic rings. The number of hydrogen-bond acceptors (Lipinski definition) is 7. The maximum atomic E-state index is 13.0. The maximum absolute atomic E-state index is 13.0. The molecule has 5 rings (SSSR count). The zero-order chi connectivity index (χ0) is 33.7. The summed E-state index contributed by atoms with van der Waals surface area (Å²) < 4.78 is 51.8. The van der Waals surface area contributed by atoms with E-state index in [2.05, 4.69) is 5.32 Å². The lowest BCUT2D eigenvalue weighted by atomic mass is 9.91. The highest BCUT2D eigenvalue weighted by atomic mass is 32.2. The number of nitrogens with one attached hydrogen (secondary N) is 1. The van der Waals surface area contributed by atoms with Crippen LogP contribution in [-0.2, 0) is 32.2 Å². The van der Waals surface area contributed by atoms with Gasteiger partial charge < -0.3 is 29.9 Å². The fraction of sp³-hybridized carbons (Fsp3) is 0.382. The van der Waals surface area contributed by atoms with E-state index in [9.17, 15) is 37.8 Å². The molecule has 0 radical (unpaired) electrons. The van der Waals surface area contributed by atoms with Gasteiger partial charge in [0.15, 0.2) is 6.29 Å². The van der Waals surface area contributed by atoms with Crippen LogP contribution in [0.3, 0.4) is 0 Å². The molecule has 9 nitrogen and oxygen atoms in total. The second-order valence-corrected chi connectivity index (χ2v) is 12.7. The maximum Gasteiger partial charge on any atom is 0.471 e. The Morgan fingerprint density at radius 3 is 2.19 bits per heavy atom. The standard InChI is InChI=1S/C34H35F3N2O7S/c1-20-28(19-47-26-14-12-24(13-15-26)31(42)43)45-32(46-29(20)23-8-6-22(18-40)7-9-23)25-10-4-21(5-11-25)17-38-30(41)27-3-2-16-39(27)33(44)34(35,36)37/h4-15,20,27-29,32,40H,2-3,16-19H2,1H3,(H,38,41)(H,42,43)/t20-,27-,28+,29+,32+/m0/s1. The second kappa shape index (κ2) is 14.9. The van der Waals surface area contributed by atoms with Gasteiger partial charge in [-0.25, -0.2) is 4.79 Å². The van der Waals surface area contributed by atoms with Gasteiger partial charge in [0.1, 0.15) is 6.04 Å². The molecule has 3 aromatic rings. The summed E-state index contributed by atoms with van der Waals surface area (Å²) in [5.41, 5.74) is 3.33. The zero-order valence-electron chi connectivity index (χ0n) is 25.5. The number of alkyl halides is 3. The zero-order valence-corrected chi connectivity index (χ0v) is 26.3. The fourth-order valence-electron chi connectivity index (χ4n) is 5.73. The number of aliphatic hydroxyl groups excluding tert-OH is 1. The number of carbonyl (C=O) groups excluding carboxylic acids is 2. The summed E-state index contributed by atoms with van der Waals surface area (Å²) in [5.74, 6) is -3.13. The van der Waals surface area contributed by atoms with Crippen molar-refractivity contribution >= 4 is 29.5 Å². The highest BCUT2D eigenvalue weighted by Crippen LogP contribution is 2.43. The third-order valence-electron chi connectivity index (χ3n) is 8.42. The van der Waals surface area contributed by atoms with Gasteiger partial charge in [-0.1, -0.05) is 55.5 Å². The summed E-state index contributed by atoms with van der Waals surface area (Å²) in [6.07, 6.45) is -5.89. The van der Waals surface area contributed by atoms with E-state index in [4.69, 9.17) is 9.47 Å². The summed E-state index contributed by atoms with van der Waals surface area (Å²) in [4.78, 5) is 37.2. The average Bonchev–Trinajstić information content (AvgIpc) is 3.56. The van der Waals surface area contributed by atoms with Gasteiger partial charge in [-0.15, -0.1) is 11.8 Å². The summed E-state index contributed by atoms with van der Waals surface area (Å²) in [5, 5.41) is 21.3. The Kier molecular flexibility index (Phi) is 10.9. The summed E-state index contributed by atoms with van der Waals surface area (Å²) in [7, 11) is 0. The van der Waals surface area contributed by atoms with Crippen molar-refractivity contribution < 1.29 is 47.2 Å². The van der Waals surface area contributed by atoms with Gasteiger partial charge >= 0.3 is 18.1 Å². The van der Waals surface area contributed by atoms with Gasteiger partial charge in [-0.2, -0.15) is 13.2 Å². The number of hydrogen-bond donors (Lipinski definition) is 3. The van der Waals surface area contributed by atoms with E-state index in [0.29, 0.717) is 22.6 Å².